The third kappa shape index (κ3) is 6.08. The average Bonchev–Trinajstić information content (AvgIpc) is 2.52. The Balaban J connectivity index is 0.000000209. The predicted molar refractivity (Wildman–Crippen MR) is 94.9 cm³/mol. The summed E-state index contributed by atoms with van der Waals surface area (Å²) in [6.45, 7) is 7.96. The zero-order chi connectivity index (χ0) is 17.6. The van der Waals surface area contributed by atoms with Crippen LogP contribution in [0.4, 0.5) is 0 Å². The summed E-state index contributed by atoms with van der Waals surface area (Å²) >= 11 is 0. The van der Waals surface area contributed by atoms with Crippen molar-refractivity contribution in [3.63, 3.8) is 0 Å². The van der Waals surface area contributed by atoms with E-state index in [4.69, 9.17) is 10.4 Å². The Hall–Kier alpha value is -0.590. The minimum atomic E-state index is -0.332. The highest BCUT2D eigenvalue weighted by Gasteiger charge is 2.42. The zero-order valence-corrected chi connectivity index (χ0v) is 15.7. The lowest BCUT2D eigenvalue weighted by molar-refractivity contribution is -0.0464. The molecule has 3 nitrogen and oxygen atoms in total. The van der Waals surface area contributed by atoms with Crippen LogP contribution in [-0.4, -0.2) is 21.9 Å². The van der Waals surface area contributed by atoms with E-state index in [0.717, 1.165) is 38.5 Å². The van der Waals surface area contributed by atoms with Crippen molar-refractivity contribution >= 4 is 0 Å². The Morgan fingerprint density at radius 3 is 1.70 bits per heavy atom. The van der Waals surface area contributed by atoms with E-state index in [1.54, 1.807) is 0 Å². The van der Waals surface area contributed by atoms with Crippen LogP contribution in [0.1, 0.15) is 98.3 Å². The Morgan fingerprint density at radius 2 is 1.35 bits per heavy atom. The van der Waals surface area contributed by atoms with Gasteiger partial charge in [-0.1, -0.05) is 20.3 Å². The monoisotopic (exact) mass is 323 g/mol. The number of aliphatic hydroxyl groups is 2. The quantitative estimate of drug-likeness (QED) is 0.662. The molecule has 3 heteroatoms. The molecule has 3 saturated carbocycles. The highest BCUT2D eigenvalue weighted by molar-refractivity contribution is 4.98. The van der Waals surface area contributed by atoms with Gasteiger partial charge in [-0.25, -0.2) is 0 Å². The fourth-order valence-electron chi connectivity index (χ4n) is 3.85. The number of nitrogens with zero attached hydrogens (tertiary/aromatic N) is 1. The largest absolute Gasteiger partial charge is 0.393 e. The van der Waals surface area contributed by atoms with Gasteiger partial charge in [-0.2, -0.15) is 5.26 Å². The van der Waals surface area contributed by atoms with Gasteiger partial charge in [0, 0.05) is 0 Å². The van der Waals surface area contributed by atoms with Crippen molar-refractivity contribution in [2.75, 3.05) is 0 Å². The van der Waals surface area contributed by atoms with E-state index >= 15 is 0 Å². The van der Waals surface area contributed by atoms with Crippen LogP contribution in [0, 0.1) is 22.2 Å². The van der Waals surface area contributed by atoms with Crippen LogP contribution in [-0.2, 0) is 0 Å². The van der Waals surface area contributed by atoms with Crippen molar-refractivity contribution in [2.45, 2.75) is 110 Å². The van der Waals surface area contributed by atoms with Gasteiger partial charge in [0.05, 0.1) is 23.2 Å². The van der Waals surface area contributed by atoms with Gasteiger partial charge in [0.25, 0.3) is 0 Å². The number of rotatable bonds is 0. The highest BCUT2D eigenvalue weighted by Crippen LogP contribution is 2.53. The Bertz CT molecular complexity index is 373. The SMILES string of the molecule is CC.CC1(C#N)CCC(O)CC1.CC1(O)CCC2(CCC2)CC1. The molecule has 0 unspecified atom stereocenters. The number of hydrogen-bond donors (Lipinski definition) is 2. The molecular formula is C20H37NO2. The first-order valence-electron chi connectivity index (χ1n) is 9.60. The molecule has 3 fully saturated rings. The van der Waals surface area contributed by atoms with Gasteiger partial charge in [0.15, 0.2) is 0 Å². The summed E-state index contributed by atoms with van der Waals surface area (Å²) in [5.41, 5.74) is 0.211. The van der Waals surface area contributed by atoms with E-state index in [1.807, 2.05) is 27.7 Å². The maximum Gasteiger partial charge on any atom is 0.0686 e. The van der Waals surface area contributed by atoms with E-state index in [2.05, 4.69) is 6.07 Å². The lowest BCUT2D eigenvalue weighted by Crippen LogP contribution is -2.40. The van der Waals surface area contributed by atoms with Crippen LogP contribution in [0.5, 0.6) is 0 Å². The van der Waals surface area contributed by atoms with Crippen LogP contribution in [0.25, 0.3) is 0 Å². The first kappa shape index (κ1) is 20.5. The molecule has 0 amide bonds. The van der Waals surface area contributed by atoms with Crippen molar-refractivity contribution in [1.29, 1.82) is 5.26 Å². The molecule has 0 saturated heterocycles. The van der Waals surface area contributed by atoms with E-state index in [0.29, 0.717) is 5.41 Å². The predicted octanol–water partition coefficient (Wildman–Crippen LogP) is 4.96. The molecule has 0 heterocycles. The maximum absolute atomic E-state index is 9.73. The van der Waals surface area contributed by atoms with E-state index in [1.165, 1.54) is 32.1 Å². The lowest BCUT2D eigenvalue weighted by Gasteiger charge is -2.48. The fourth-order valence-corrected chi connectivity index (χ4v) is 3.85. The Kier molecular flexibility index (Phi) is 7.55. The van der Waals surface area contributed by atoms with Gasteiger partial charge in [-0.05, 0) is 83.5 Å². The molecule has 23 heavy (non-hydrogen) atoms. The van der Waals surface area contributed by atoms with Gasteiger partial charge in [0.1, 0.15) is 0 Å². The molecule has 134 valence electrons. The second-order valence-corrected chi connectivity index (χ2v) is 8.25. The molecule has 0 aromatic rings. The second kappa shape index (κ2) is 8.49. The number of hydrogen-bond acceptors (Lipinski definition) is 3. The summed E-state index contributed by atoms with van der Waals surface area (Å²) in [4.78, 5) is 0. The summed E-state index contributed by atoms with van der Waals surface area (Å²) in [5, 5.41) is 27.6. The third-order valence-electron chi connectivity index (χ3n) is 6.13. The topological polar surface area (TPSA) is 64.2 Å². The minimum Gasteiger partial charge on any atom is -0.393 e. The summed E-state index contributed by atoms with van der Waals surface area (Å²) in [6.07, 6.45) is 12.1. The van der Waals surface area contributed by atoms with Crippen LogP contribution < -0.4 is 0 Å². The standard InChI is InChI=1S/C10H18O.C8H13NO.C2H6/c1-9(11)5-7-10(8-6-9)3-2-4-10;1-8(6-9)4-2-7(10)3-5-8;1-2/h11H,2-8H2,1H3;7,10H,2-5H2,1H3;1-2H3. The van der Waals surface area contributed by atoms with Crippen molar-refractivity contribution < 1.29 is 10.2 Å². The Morgan fingerprint density at radius 1 is 0.870 bits per heavy atom. The van der Waals surface area contributed by atoms with Crippen molar-refractivity contribution in [2.24, 2.45) is 10.8 Å². The van der Waals surface area contributed by atoms with Crippen molar-refractivity contribution in [1.82, 2.24) is 0 Å². The summed E-state index contributed by atoms with van der Waals surface area (Å²) in [7, 11) is 0. The van der Waals surface area contributed by atoms with Gasteiger partial charge in [0.2, 0.25) is 0 Å². The molecule has 0 bridgehead atoms. The fraction of sp³-hybridized carbons (Fsp3) is 0.950. The molecule has 0 aromatic heterocycles. The van der Waals surface area contributed by atoms with E-state index < -0.39 is 0 Å². The summed E-state index contributed by atoms with van der Waals surface area (Å²) < 4.78 is 0. The van der Waals surface area contributed by atoms with Crippen LogP contribution in [0.15, 0.2) is 0 Å². The molecular weight excluding hydrogens is 286 g/mol. The van der Waals surface area contributed by atoms with E-state index in [9.17, 15) is 5.11 Å². The molecule has 3 aliphatic carbocycles. The molecule has 0 radical (unpaired) electrons. The summed E-state index contributed by atoms with van der Waals surface area (Å²) in [6, 6.07) is 2.29. The molecule has 1 spiro atoms. The molecule has 2 N–H and O–H groups in total. The zero-order valence-electron chi connectivity index (χ0n) is 15.7. The lowest BCUT2D eigenvalue weighted by atomic mass is 9.58. The normalized spacial score (nSPS) is 33.9. The highest BCUT2D eigenvalue weighted by atomic mass is 16.3. The van der Waals surface area contributed by atoms with Crippen LogP contribution in [0.3, 0.4) is 0 Å². The first-order valence-corrected chi connectivity index (χ1v) is 9.60. The average molecular weight is 324 g/mol. The molecule has 3 aliphatic rings. The molecule has 3 rings (SSSR count). The molecule has 0 aliphatic heterocycles. The third-order valence-corrected chi connectivity index (χ3v) is 6.13. The molecule has 0 atom stereocenters. The van der Waals surface area contributed by atoms with Gasteiger partial charge in [-0.15, -0.1) is 0 Å². The van der Waals surface area contributed by atoms with Crippen molar-refractivity contribution in [3.05, 3.63) is 0 Å². The summed E-state index contributed by atoms with van der Waals surface area (Å²) in [5.74, 6) is 0. The Labute approximate surface area is 143 Å². The maximum atomic E-state index is 9.73. The minimum absolute atomic E-state index is 0.151. The van der Waals surface area contributed by atoms with E-state index in [-0.39, 0.29) is 17.1 Å². The number of aliphatic hydroxyl groups excluding tert-OH is 1. The smallest absolute Gasteiger partial charge is 0.0686 e. The first-order chi connectivity index (χ1) is 10.8. The van der Waals surface area contributed by atoms with Crippen LogP contribution >= 0.6 is 0 Å². The van der Waals surface area contributed by atoms with Crippen LogP contribution in [0.2, 0.25) is 0 Å². The van der Waals surface area contributed by atoms with Gasteiger partial charge < -0.3 is 10.2 Å². The number of nitriles is 1. The van der Waals surface area contributed by atoms with Gasteiger partial charge in [-0.3, -0.25) is 0 Å². The second-order valence-electron chi connectivity index (χ2n) is 8.25. The van der Waals surface area contributed by atoms with Gasteiger partial charge >= 0.3 is 0 Å². The van der Waals surface area contributed by atoms with Crippen molar-refractivity contribution in [3.8, 4) is 6.07 Å². The molecule has 0 aromatic carbocycles.